The second kappa shape index (κ2) is 7.69. The molecule has 7 nitrogen and oxygen atoms in total. The molecular formula is C19H19N3O4. The van der Waals surface area contributed by atoms with E-state index in [4.69, 9.17) is 9.47 Å². The molecule has 0 bridgehead atoms. The summed E-state index contributed by atoms with van der Waals surface area (Å²) < 4.78 is 10.2. The zero-order valence-electron chi connectivity index (χ0n) is 14.5. The van der Waals surface area contributed by atoms with Crippen molar-refractivity contribution in [1.82, 2.24) is 9.97 Å². The number of amides is 1. The molecule has 0 saturated carbocycles. The Hall–Kier alpha value is -3.35. The molecule has 1 aromatic carbocycles. The number of pyridine rings is 2. The van der Waals surface area contributed by atoms with Crippen LogP contribution >= 0.6 is 0 Å². The average Bonchev–Trinajstić information content (AvgIpc) is 2.66. The molecule has 0 aliphatic rings. The van der Waals surface area contributed by atoms with Crippen LogP contribution in [-0.2, 0) is 11.2 Å². The molecule has 2 N–H and O–H groups in total. The molecule has 0 spiro atoms. The third-order valence-corrected chi connectivity index (χ3v) is 3.98. The number of methoxy groups -OCH3 is 2. The van der Waals surface area contributed by atoms with Crippen LogP contribution in [0.5, 0.6) is 11.6 Å². The minimum Gasteiger partial charge on any atom is -0.497 e. The van der Waals surface area contributed by atoms with E-state index >= 15 is 0 Å². The summed E-state index contributed by atoms with van der Waals surface area (Å²) in [6.07, 6.45) is 2.04. The van der Waals surface area contributed by atoms with E-state index < -0.39 is 0 Å². The topological polar surface area (TPSA) is 93.3 Å². The second-order valence-electron chi connectivity index (χ2n) is 5.71. The van der Waals surface area contributed by atoms with Gasteiger partial charge in [0.1, 0.15) is 5.75 Å². The molecule has 0 atom stereocenters. The zero-order valence-corrected chi connectivity index (χ0v) is 14.5. The number of H-pyrrole nitrogens is 1. The molecule has 26 heavy (non-hydrogen) atoms. The van der Waals surface area contributed by atoms with E-state index in [0.717, 1.165) is 10.9 Å². The van der Waals surface area contributed by atoms with Crippen LogP contribution in [0.2, 0.25) is 0 Å². The van der Waals surface area contributed by atoms with Gasteiger partial charge >= 0.3 is 0 Å². The average molecular weight is 353 g/mol. The smallest absolute Gasteiger partial charge is 0.251 e. The molecule has 3 aromatic rings. The lowest BCUT2D eigenvalue weighted by Gasteiger charge is -2.07. The van der Waals surface area contributed by atoms with Crippen molar-refractivity contribution in [1.29, 1.82) is 0 Å². The summed E-state index contributed by atoms with van der Waals surface area (Å²) in [5, 5.41) is 3.61. The first-order valence-electron chi connectivity index (χ1n) is 8.09. The molecule has 3 rings (SSSR count). The van der Waals surface area contributed by atoms with Gasteiger partial charge in [-0.2, -0.15) is 0 Å². The maximum Gasteiger partial charge on any atom is 0.251 e. The lowest BCUT2D eigenvalue weighted by Crippen LogP contribution is -2.17. The normalized spacial score (nSPS) is 10.5. The molecule has 134 valence electrons. The lowest BCUT2D eigenvalue weighted by molar-refractivity contribution is -0.116. The van der Waals surface area contributed by atoms with Gasteiger partial charge in [0.2, 0.25) is 11.8 Å². The number of nitrogens with one attached hydrogen (secondary N) is 2. The SMILES string of the molecule is COc1ccc2[nH]c(=O)c(CCC(=O)Nc3ccc(OC)nc3)cc2c1. The standard InChI is InChI=1S/C19H19N3O4/c1-25-15-5-6-16-13(10-15)9-12(19(24)22-16)3-7-17(23)21-14-4-8-18(26-2)20-11-14/h4-6,8-11H,3,7H2,1-2H3,(H,21,23)(H,22,24). The Bertz CT molecular complexity index is 980. The predicted octanol–water partition coefficient (Wildman–Crippen LogP) is 2.51. The summed E-state index contributed by atoms with van der Waals surface area (Å²) in [4.78, 5) is 31.2. The van der Waals surface area contributed by atoms with Gasteiger partial charge in [-0.25, -0.2) is 4.98 Å². The molecule has 0 aliphatic carbocycles. The van der Waals surface area contributed by atoms with E-state index in [2.05, 4.69) is 15.3 Å². The van der Waals surface area contributed by atoms with E-state index in [-0.39, 0.29) is 17.9 Å². The molecule has 0 aliphatic heterocycles. The van der Waals surface area contributed by atoms with E-state index in [0.29, 0.717) is 29.3 Å². The van der Waals surface area contributed by atoms with Crippen LogP contribution in [0.15, 0.2) is 47.4 Å². The fourth-order valence-corrected chi connectivity index (χ4v) is 2.59. The minimum atomic E-state index is -0.193. The van der Waals surface area contributed by atoms with Crippen molar-refractivity contribution in [3.63, 3.8) is 0 Å². The summed E-state index contributed by atoms with van der Waals surface area (Å²) in [6.45, 7) is 0. The molecule has 0 saturated heterocycles. The number of hydrogen-bond acceptors (Lipinski definition) is 5. The van der Waals surface area contributed by atoms with Crippen LogP contribution in [0.25, 0.3) is 10.9 Å². The number of benzene rings is 1. The van der Waals surface area contributed by atoms with Gasteiger partial charge in [-0.3, -0.25) is 9.59 Å². The Morgan fingerprint density at radius 2 is 2.00 bits per heavy atom. The first-order valence-corrected chi connectivity index (χ1v) is 8.09. The number of ether oxygens (including phenoxy) is 2. The van der Waals surface area contributed by atoms with Crippen molar-refractivity contribution in [2.75, 3.05) is 19.5 Å². The third kappa shape index (κ3) is 4.00. The minimum absolute atomic E-state index is 0.185. The maximum absolute atomic E-state index is 12.2. The van der Waals surface area contributed by atoms with Crippen molar-refractivity contribution in [2.24, 2.45) is 0 Å². The van der Waals surface area contributed by atoms with Gasteiger partial charge in [-0.15, -0.1) is 0 Å². The van der Waals surface area contributed by atoms with Crippen LogP contribution < -0.4 is 20.3 Å². The van der Waals surface area contributed by atoms with Gasteiger partial charge in [0.05, 0.1) is 26.1 Å². The number of fused-ring (bicyclic) bond motifs is 1. The summed E-state index contributed by atoms with van der Waals surface area (Å²) in [6, 6.07) is 10.6. The van der Waals surface area contributed by atoms with Crippen molar-refractivity contribution >= 4 is 22.5 Å². The molecule has 0 fully saturated rings. The monoisotopic (exact) mass is 353 g/mol. The molecule has 0 radical (unpaired) electrons. The van der Waals surface area contributed by atoms with Crippen molar-refractivity contribution in [3.8, 4) is 11.6 Å². The van der Waals surface area contributed by atoms with Gasteiger partial charge in [-0.1, -0.05) is 0 Å². The lowest BCUT2D eigenvalue weighted by atomic mass is 10.1. The van der Waals surface area contributed by atoms with E-state index in [1.54, 1.807) is 37.4 Å². The highest BCUT2D eigenvalue weighted by Gasteiger charge is 2.08. The number of aromatic nitrogens is 2. The van der Waals surface area contributed by atoms with Crippen molar-refractivity contribution < 1.29 is 14.3 Å². The Labute approximate surface area is 150 Å². The van der Waals surface area contributed by atoms with Crippen LogP contribution in [0, 0.1) is 0 Å². The van der Waals surface area contributed by atoms with Gasteiger partial charge < -0.3 is 19.8 Å². The van der Waals surface area contributed by atoms with Crippen LogP contribution in [0.3, 0.4) is 0 Å². The van der Waals surface area contributed by atoms with E-state index in [1.165, 1.54) is 13.3 Å². The third-order valence-electron chi connectivity index (χ3n) is 3.98. The highest BCUT2D eigenvalue weighted by molar-refractivity contribution is 5.90. The molecular weight excluding hydrogens is 334 g/mol. The van der Waals surface area contributed by atoms with Gasteiger partial charge in [0, 0.05) is 29.0 Å². The first kappa shape index (κ1) is 17.5. The summed E-state index contributed by atoms with van der Waals surface area (Å²) in [5.41, 5.74) is 1.66. The van der Waals surface area contributed by atoms with E-state index in [9.17, 15) is 9.59 Å². The van der Waals surface area contributed by atoms with Gasteiger partial charge in [0.25, 0.3) is 5.56 Å². The van der Waals surface area contributed by atoms with Crippen LogP contribution in [0.4, 0.5) is 5.69 Å². The van der Waals surface area contributed by atoms with Gasteiger partial charge in [-0.05, 0) is 36.8 Å². The molecule has 7 heteroatoms. The number of rotatable bonds is 6. The number of hydrogen-bond donors (Lipinski definition) is 2. The molecule has 2 aromatic heterocycles. The Kier molecular flexibility index (Phi) is 5.17. The Morgan fingerprint density at radius 1 is 1.15 bits per heavy atom. The largest absolute Gasteiger partial charge is 0.497 e. The van der Waals surface area contributed by atoms with E-state index in [1.807, 2.05) is 6.07 Å². The molecule has 2 heterocycles. The summed E-state index contributed by atoms with van der Waals surface area (Å²) in [7, 11) is 3.11. The van der Waals surface area contributed by atoms with Crippen LogP contribution in [-0.4, -0.2) is 30.1 Å². The number of carbonyl (C=O) groups excluding carboxylic acids is 1. The first-order chi connectivity index (χ1) is 12.6. The molecule has 1 amide bonds. The zero-order chi connectivity index (χ0) is 18.5. The van der Waals surface area contributed by atoms with Crippen molar-refractivity contribution in [2.45, 2.75) is 12.8 Å². The second-order valence-corrected chi connectivity index (χ2v) is 5.71. The number of carbonyl (C=O) groups is 1. The van der Waals surface area contributed by atoms with Crippen LogP contribution in [0.1, 0.15) is 12.0 Å². The molecule has 0 unspecified atom stereocenters. The highest BCUT2D eigenvalue weighted by atomic mass is 16.5. The Morgan fingerprint density at radius 3 is 2.69 bits per heavy atom. The number of aryl methyl sites for hydroxylation is 1. The predicted molar refractivity (Wildman–Crippen MR) is 98.9 cm³/mol. The fraction of sp³-hybridized carbons (Fsp3) is 0.211. The number of aromatic amines is 1. The van der Waals surface area contributed by atoms with Crippen molar-refractivity contribution in [3.05, 3.63) is 58.5 Å². The fourth-order valence-electron chi connectivity index (χ4n) is 2.59. The maximum atomic E-state index is 12.2. The quantitative estimate of drug-likeness (QED) is 0.710. The number of nitrogens with zero attached hydrogens (tertiary/aromatic N) is 1. The number of anilines is 1. The summed E-state index contributed by atoms with van der Waals surface area (Å²) in [5.74, 6) is 0.989. The highest BCUT2D eigenvalue weighted by Crippen LogP contribution is 2.19. The Balaban J connectivity index is 1.68. The van der Waals surface area contributed by atoms with Gasteiger partial charge in [0.15, 0.2) is 0 Å². The summed E-state index contributed by atoms with van der Waals surface area (Å²) >= 11 is 0.